The van der Waals surface area contributed by atoms with Crippen LogP contribution in [0.25, 0.3) is 11.0 Å². The highest BCUT2D eigenvalue weighted by molar-refractivity contribution is 6.31. The van der Waals surface area contributed by atoms with Crippen molar-refractivity contribution in [1.82, 2.24) is 14.9 Å². The molecule has 2 heterocycles. The van der Waals surface area contributed by atoms with Gasteiger partial charge < -0.3 is 15.0 Å². The number of aromatic nitrogens is 2. The normalized spacial score (nSPS) is 17.2. The van der Waals surface area contributed by atoms with Gasteiger partial charge in [-0.25, -0.2) is 4.98 Å². The van der Waals surface area contributed by atoms with E-state index < -0.39 is 0 Å². The van der Waals surface area contributed by atoms with E-state index in [0.717, 1.165) is 55.8 Å². The van der Waals surface area contributed by atoms with Crippen molar-refractivity contribution in [3.8, 4) is 5.75 Å². The number of piperidine rings is 1. The SMILES string of the molecule is COc1ccc(Cl)cc1NC(=O)CCC1CCCN(Cc2nc3ccccc3[nH]2)C1. The maximum atomic E-state index is 12.5. The van der Waals surface area contributed by atoms with E-state index in [1.807, 2.05) is 18.2 Å². The number of halogens is 1. The van der Waals surface area contributed by atoms with Gasteiger partial charge in [-0.3, -0.25) is 9.69 Å². The van der Waals surface area contributed by atoms with E-state index in [1.165, 1.54) is 0 Å². The summed E-state index contributed by atoms with van der Waals surface area (Å²) in [6.07, 6.45) is 3.66. The molecule has 1 aliphatic rings. The number of imidazole rings is 1. The van der Waals surface area contributed by atoms with Crippen LogP contribution in [0.4, 0.5) is 5.69 Å². The molecule has 0 aliphatic carbocycles. The zero-order valence-corrected chi connectivity index (χ0v) is 17.9. The quantitative estimate of drug-likeness (QED) is 0.566. The average molecular weight is 427 g/mol. The Bertz CT molecular complexity index is 986. The lowest BCUT2D eigenvalue weighted by molar-refractivity contribution is -0.116. The Balaban J connectivity index is 1.28. The fraction of sp³-hybridized carbons (Fsp3) is 0.391. The second-order valence-corrected chi connectivity index (χ2v) is 8.31. The van der Waals surface area contributed by atoms with E-state index in [2.05, 4.69) is 21.3 Å². The summed E-state index contributed by atoms with van der Waals surface area (Å²) in [5, 5.41) is 3.50. The molecule has 3 aromatic rings. The standard InChI is InChI=1S/C23H27ClN4O2/c1-30-21-10-9-17(24)13-20(21)27-23(29)11-8-16-5-4-12-28(14-16)15-22-25-18-6-2-3-7-19(18)26-22/h2-3,6-7,9-10,13,16H,4-5,8,11-12,14-15H2,1H3,(H,25,26)(H,27,29). The van der Waals surface area contributed by atoms with Crippen LogP contribution in [0.1, 0.15) is 31.5 Å². The Morgan fingerprint density at radius 3 is 3.03 bits per heavy atom. The minimum absolute atomic E-state index is 0.00928. The molecule has 0 bridgehead atoms. The highest BCUT2D eigenvalue weighted by Crippen LogP contribution is 2.28. The molecule has 6 nitrogen and oxygen atoms in total. The van der Waals surface area contributed by atoms with Crippen LogP contribution in [0.5, 0.6) is 5.75 Å². The van der Waals surface area contributed by atoms with Crippen LogP contribution >= 0.6 is 11.6 Å². The smallest absolute Gasteiger partial charge is 0.224 e. The topological polar surface area (TPSA) is 70.2 Å². The average Bonchev–Trinajstić information content (AvgIpc) is 3.15. The highest BCUT2D eigenvalue weighted by atomic mass is 35.5. The lowest BCUT2D eigenvalue weighted by Gasteiger charge is -2.32. The Kier molecular flexibility index (Phi) is 6.55. The summed E-state index contributed by atoms with van der Waals surface area (Å²) in [7, 11) is 1.58. The summed E-state index contributed by atoms with van der Waals surface area (Å²) in [6, 6.07) is 13.3. The monoisotopic (exact) mass is 426 g/mol. The first-order valence-electron chi connectivity index (χ1n) is 10.4. The van der Waals surface area contributed by atoms with Crippen LogP contribution in [-0.4, -0.2) is 41.0 Å². The van der Waals surface area contributed by atoms with Crippen LogP contribution in [0, 0.1) is 5.92 Å². The molecule has 1 aromatic heterocycles. The van der Waals surface area contributed by atoms with Gasteiger partial charge in [-0.15, -0.1) is 0 Å². The zero-order chi connectivity index (χ0) is 20.9. The highest BCUT2D eigenvalue weighted by Gasteiger charge is 2.22. The van der Waals surface area contributed by atoms with Crippen molar-refractivity contribution >= 4 is 34.2 Å². The Morgan fingerprint density at radius 2 is 2.20 bits per heavy atom. The Morgan fingerprint density at radius 1 is 1.33 bits per heavy atom. The molecular formula is C23H27ClN4O2. The van der Waals surface area contributed by atoms with E-state index in [0.29, 0.717) is 28.8 Å². The number of nitrogens with one attached hydrogen (secondary N) is 2. The number of fused-ring (bicyclic) bond motifs is 1. The van der Waals surface area contributed by atoms with Crippen molar-refractivity contribution in [1.29, 1.82) is 0 Å². The number of carbonyl (C=O) groups is 1. The first-order valence-corrected chi connectivity index (χ1v) is 10.8. The number of H-pyrrole nitrogens is 1. The number of hydrogen-bond acceptors (Lipinski definition) is 4. The molecule has 1 amide bonds. The molecule has 1 unspecified atom stereocenters. The van der Waals surface area contributed by atoms with Gasteiger partial charge in [0.15, 0.2) is 0 Å². The van der Waals surface area contributed by atoms with Crippen molar-refractivity contribution in [3.63, 3.8) is 0 Å². The van der Waals surface area contributed by atoms with Gasteiger partial charge >= 0.3 is 0 Å². The minimum Gasteiger partial charge on any atom is -0.495 e. The summed E-state index contributed by atoms with van der Waals surface area (Å²) in [5.41, 5.74) is 2.70. The minimum atomic E-state index is -0.00928. The van der Waals surface area contributed by atoms with Gasteiger partial charge in [0.25, 0.3) is 0 Å². The van der Waals surface area contributed by atoms with Gasteiger partial charge in [-0.2, -0.15) is 0 Å². The number of rotatable bonds is 7. The molecule has 1 aliphatic heterocycles. The number of anilines is 1. The number of likely N-dealkylation sites (tertiary alicyclic amines) is 1. The van der Waals surface area contributed by atoms with Gasteiger partial charge in [0.05, 0.1) is 30.4 Å². The van der Waals surface area contributed by atoms with E-state index in [-0.39, 0.29) is 5.91 Å². The summed E-state index contributed by atoms with van der Waals surface area (Å²) in [5.74, 6) is 2.12. The molecular weight excluding hydrogens is 400 g/mol. The molecule has 0 saturated carbocycles. The fourth-order valence-corrected chi connectivity index (χ4v) is 4.32. The Hall–Kier alpha value is -2.57. The number of benzene rings is 2. The summed E-state index contributed by atoms with van der Waals surface area (Å²) < 4.78 is 5.30. The van der Waals surface area contributed by atoms with Crippen molar-refractivity contribution in [2.75, 3.05) is 25.5 Å². The summed E-state index contributed by atoms with van der Waals surface area (Å²) in [6.45, 7) is 2.88. The van der Waals surface area contributed by atoms with E-state index in [1.54, 1.807) is 25.3 Å². The predicted octanol–water partition coefficient (Wildman–Crippen LogP) is 4.86. The number of hydrogen-bond donors (Lipinski definition) is 2. The molecule has 0 spiro atoms. The first-order chi connectivity index (χ1) is 14.6. The zero-order valence-electron chi connectivity index (χ0n) is 17.2. The third kappa shape index (κ3) is 5.12. The number of methoxy groups -OCH3 is 1. The maximum Gasteiger partial charge on any atom is 0.224 e. The predicted molar refractivity (Wildman–Crippen MR) is 120 cm³/mol. The van der Waals surface area contributed by atoms with E-state index >= 15 is 0 Å². The molecule has 158 valence electrons. The van der Waals surface area contributed by atoms with Gasteiger partial charge in [0, 0.05) is 18.0 Å². The molecule has 30 heavy (non-hydrogen) atoms. The third-order valence-corrected chi connectivity index (χ3v) is 5.87. The van der Waals surface area contributed by atoms with Crippen LogP contribution in [-0.2, 0) is 11.3 Å². The lowest BCUT2D eigenvalue weighted by Crippen LogP contribution is -2.35. The van der Waals surface area contributed by atoms with E-state index in [9.17, 15) is 4.79 Å². The largest absolute Gasteiger partial charge is 0.495 e. The molecule has 4 rings (SSSR count). The molecule has 2 N–H and O–H groups in total. The number of amides is 1. The molecule has 2 aromatic carbocycles. The van der Waals surface area contributed by atoms with Crippen molar-refractivity contribution in [3.05, 3.63) is 53.3 Å². The van der Waals surface area contributed by atoms with Crippen LogP contribution in [0.15, 0.2) is 42.5 Å². The van der Waals surface area contributed by atoms with Gasteiger partial charge in [-0.05, 0) is 62.1 Å². The molecule has 7 heteroatoms. The van der Waals surface area contributed by atoms with Crippen molar-refractivity contribution < 1.29 is 9.53 Å². The number of para-hydroxylation sites is 2. The molecule has 1 fully saturated rings. The van der Waals surface area contributed by atoms with Crippen molar-refractivity contribution in [2.45, 2.75) is 32.2 Å². The van der Waals surface area contributed by atoms with Crippen LogP contribution < -0.4 is 10.1 Å². The third-order valence-electron chi connectivity index (χ3n) is 5.63. The fourth-order valence-electron chi connectivity index (χ4n) is 4.15. The molecule has 1 atom stereocenters. The summed E-state index contributed by atoms with van der Waals surface area (Å²) >= 11 is 6.04. The van der Waals surface area contributed by atoms with Gasteiger partial charge in [-0.1, -0.05) is 23.7 Å². The number of nitrogens with zero attached hydrogens (tertiary/aromatic N) is 2. The van der Waals surface area contributed by atoms with Crippen molar-refractivity contribution in [2.24, 2.45) is 5.92 Å². The van der Waals surface area contributed by atoms with Crippen LogP contribution in [0.2, 0.25) is 5.02 Å². The van der Waals surface area contributed by atoms with Crippen LogP contribution in [0.3, 0.4) is 0 Å². The second kappa shape index (κ2) is 9.49. The Labute approximate surface area is 181 Å². The second-order valence-electron chi connectivity index (χ2n) is 7.88. The van der Waals surface area contributed by atoms with Gasteiger partial charge in [0.1, 0.15) is 11.6 Å². The first kappa shape index (κ1) is 20.7. The van der Waals surface area contributed by atoms with E-state index in [4.69, 9.17) is 21.3 Å². The maximum absolute atomic E-state index is 12.5. The number of aromatic amines is 1. The molecule has 0 radical (unpaired) electrons. The number of ether oxygens (including phenoxy) is 1. The van der Waals surface area contributed by atoms with Gasteiger partial charge in [0.2, 0.25) is 5.91 Å². The molecule has 1 saturated heterocycles. The summed E-state index contributed by atoms with van der Waals surface area (Å²) in [4.78, 5) is 23.0. The lowest BCUT2D eigenvalue weighted by atomic mass is 9.93. The number of carbonyl (C=O) groups excluding carboxylic acids is 1.